The van der Waals surface area contributed by atoms with Crippen molar-refractivity contribution in [3.8, 4) is 0 Å². The molecule has 15 heavy (non-hydrogen) atoms. The lowest BCUT2D eigenvalue weighted by Crippen LogP contribution is -2.27. The summed E-state index contributed by atoms with van der Waals surface area (Å²) in [6.45, 7) is 6.65. The molecule has 1 aromatic carbocycles. The van der Waals surface area contributed by atoms with E-state index in [1.165, 1.54) is 11.1 Å². The average Bonchev–Trinajstić information content (AvgIpc) is 2.15. The molecule has 1 aliphatic rings. The number of fused-ring (bicyclic) bond motifs is 1. The molecule has 1 heteroatoms. The average molecular weight is 202 g/mol. The molecular formula is C14H18O. The van der Waals surface area contributed by atoms with Crippen LogP contribution in [0.3, 0.4) is 0 Å². The van der Waals surface area contributed by atoms with Gasteiger partial charge < -0.3 is 0 Å². The Labute approximate surface area is 91.5 Å². The first-order valence-electron chi connectivity index (χ1n) is 5.58. The van der Waals surface area contributed by atoms with E-state index < -0.39 is 0 Å². The highest BCUT2D eigenvalue weighted by molar-refractivity contribution is 5.84. The van der Waals surface area contributed by atoms with Gasteiger partial charge in [0.05, 0.1) is 0 Å². The number of ketones is 1. The Morgan fingerprint density at radius 2 is 1.87 bits per heavy atom. The Bertz CT molecular complexity index is 385. The zero-order chi connectivity index (χ0) is 11.1. The van der Waals surface area contributed by atoms with Crippen LogP contribution in [0.2, 0.25) is 0 Å². The Morgan fingerprint density at radius 1 is 1.20 bits per heavy atom. The molecule has 0 radical (unpaired) electrons. The van der Waals surface area contributed by atoms with Gasteiger partial charge in [0.1, 0.15) is 5.78 Å². The van der Waals surface area contributed by atoms with Gasteiger partial charge in [-0.2, -0.15) is 0 Å². The van der Waals surface area contributed by atoms with Crippen molar-refractivity contribution in [2.45, 2.75) is 39.5 Å². The lowest BCUT2D eigenvalue weighted by atomic mass is 9.69. The Morgan fingerprint density at radius 3 is 2.53 bits per heavy atom. The summed E-state index contributed by atoms with van der Waals surface area (Å²) in [5, 5.41) is 0. The van der Waals surface area contributed by atoms with Gasteiger partial charge >= 0.3 is 0 Å². The highest BCUT2D eigenvalue weighted by Gasteiger charge is 2.33. The van der Waals surface area contributed by atoms with Crippen molar-refractivity contribution in [3.63, 3.8) is 0 Å². The molecule has 1 aliphatic carbocycles. The van der Waals surface area contributed by atoms with E-state index in [0.717, 1.165) is 0 Å². The number of hydrogen-bond acceptors (Lipinski definition) is 1. The Balaban J connectivity index is 2.47. The largest absolute Gasteiger partial charge is 0.299 e. The van der Waals surface area contributed by atoms with Crippen LogP contribution in [0.5, 0.6) is 0 Å². The maximum atomic E-state index is 11.7. The zero-order valence-electron chi connectivity index (χ0n) is 9.71. The van der Waals surface area contributed by atoms with Gasteiger partial charge in [-0.3, -0.25) is 4.79 Å². The van der Waals surface area contributed by atoms with E-state index in [4.69, 9.17) is 0 Å². The van der Waals surface area contributed by atoms with Gasteiger partial charge in [0, 0.05) is 12.8 Å². The Hall–Kier alpha value is -1.11. The van der Waals surface area contributed by atoms with Crippen LogP contribution in [0, 0.1) is 5.41 Å². The van der Waals surface area contributed by atoms with Crippen LogP contribution in [0.15, 0.2) is 24.3 Å². The van der Waals surface area contributed by atoms with E-state index >= 15 is 0 Å². The summed E-state index contributed by atoms with van der Waals surface area (Å²) in [5.74, 6) is 0.767. The molecule has 0 N–H and O–H groups in total. The van der Waals surface area contributed by atoms with Gasteiger partial charge in [-0.1, -0.05) is 45.0 Å². The van der Waals surface area contributed by atoms with Crippen LogP contribution in [0.1, 0.15) is 44.2 Å². The minimum absolute atomic E-state index is 0.173. The van der Waals surface area contributed by atoms with E-state index in [9.17, 15) is 4.79 Å². The SMILES string of the molecule is CC(C)(C)C1CC(=O)Cc2ccccc21. The van der Waals surface area contributed by atoms with Gasteiger partial charge in [0.2, 0.25) is 0 Å². The van der Waals surface area contributed by atoms with Gasteiger partial charge in [-0.05, 0) is 22.5 Å². The van der Waals surface area contributed by atoms with Crippen LogP contribution in [0.25, 0.3) is 0 Å². The third-order valence-electron chi connectivity index (χ3n) is 3.30. The second-order valence-electron chi connectivity index (χ2n) is 5.54. The molecule has 1 nitrogen and oxygen atoms in total. The lowest BCUT2D eigenvalue weighted by molar-refractivity contribution is -0.119. The van der Waals surface area contributed by atoms with Gasteiger partial charge in [-0.25, -0.2) is 0 Å². The summed E-state index contributed by atoms with van der Waals surface area (Å²) < 4.78 is 0. The fraction of sp³-hybridized carbons (Fsp3) is 0.500. The number of hydrogen-bond donors (Lipinski definition) is 0. The molecular weight excluding hydrogens is 184 g/mol. The van der Waals surface area contributed by atoms with Crippen molar-refractivity contribution in [2.75, 3.05) is 0 Å². The summed E-state index contributed by atoms with van der Waals surface area (Å²) in [7, 11) is 0. The van der Waals surface area contributed by atoms with Crippen molar-refractivity contribution in [2.24, 2.45) is 5.41 Å². The fourth-order valence-corrected chi connectivity index (χ4v) is 2.43. The first kappa shape index (κ1) is 10.4. The van der Waals surface area contributed by atoms with Crippen molar-refractivity contribution in [1.29, 1.82) is 0 Å². The maximum absolute atomic E-state index is 11.7. The van der Waals surface area contributed by atoms with Crippen molar-refractivity contribution < 1.29 is 4.79 Å². The predicted molar refractivity (Wildman–Crippen MR) is 62.0 cm³/mol. The molecule has 2 rings (SSSR count). The Kier molecular flexibility index (Phi) is 2.41. The molecule has 0 amide bonds. The lowest BCUT2D eigenvalue weighted by Gasteiger charge is -2.35. The van der Waals surface area contributed by atoms with Crippen LogP contribution < -0.4 is 0 Å². The zero-order valence-corrected chi connectivity index (χ0v) is 9.71. The van der Waals surface area contributed by atoms with E-state index in [1.54, 1.807) is 0 Å². The fourth-order valence-electron chi connectivity index (χ4n) is 2.43. The van der Waals surface area contributed by atoms with Crippen LogP contribution in [0.4, 0.5) is 0 Å². The molecule has 1 atom stereocenters. The first-order valence-corrected chi connectivity index (χ1v) is 5.58. The summed E-state index contributed by atoms with van der Waals surface area (Å²) in [5.41, 5.74) is 2.78. The second-order valence-corrected chi connectivity index (χ2v) is 5.54. The quantitative estimate of drug-likeness (QED) is 0.630. The summed E-state index contributed by atoms with van der Waals surface area (Å²) in [6, 6.07) is 8.37. The molecule has 80 valence electrons. The number of carbonyl (C=O) groups is 1. The van der Waals surface area contributed by atoms with Crippen molar-refractivity contribution in [1.82, 2.24) is 0 Å². The molecule has 0 heterocycles. The maximum Gasteiger partial charge on any atom is 0.137 e. The molecule has 1 aromatic rings. The summed E-state index contributed by atoms with van der Waals surface area (Å²) in [4.78, 5) is 11.7. The third-order valence-corrected chi connectivity index (χ3v) is 3.30. The van der Waals surface area contributed by atoms with E-state index in [2.05, 4.69) is 39.0 Å². The minimum atomic E-state index is 0.173. The molecule has 0 bridgehead atoms. The van der Waals surface area contributed by atoms with E-state index in [0.29, 0.717) is 24.5 Å². The second kappa shape index (κ2) is 3.48. The minimum Gasteiger partial charge on any atom is -0.299 e. The molecule has 0 fully saturated rings. The number of benzene rings is 1. The van der Waals surface area contributed by atoms with E-state index in [-0.39, 0.29) is 5.41 Å². The molecule has 1 unspecified atom stereocenters. The highest BCUT2D eigenvalue weighted by Crippen LogP contribution is 2.42. The number of Topliss-reactive ketones (excluding diaryl/α,β-unsaturated/α-hetero) is 1. The van der Waals surface area contributed by atoms with Gasteiger partial charge in [0.25, 0.3) is 0 Å². The van der Waals surface area contributed by atoms with Crippen LogP contribution in [-0.2, 0) is 11.2 Å². The third kappa shape index (κ3) is 1.97. The molecule has 0 saturated carbocycles. The molecule has 0 aromatic heterocycles. The standard InChI is InChI=1S/C14H18O/c1-14(2,3)13-9-11(15)8-10-6-4-5-7-12(10)13/h4-7,13H,8-9H2,1-3H3. The molecule has 0 spiro atoms. The number of carbonyl (C=O) groups excluding carboxylic acids is 1. The van der Waals surface area contributed by atoms with Gasteiger partial charge in [-0.15, -0.1) is 0 Å². The molecule has 0 saturated heterocycles. The first-order chi connectivity index (χ1) is 6.98. The van der Waals surface area contributed by atoms with Crippen LogP contribution in [-0.4, -0.2) is 5.78 Å². The normalized spacial score (nSPS) is 21.3. The van der Waals surface area contributed by atoms with Crippen LogP contribution >= 0.6 is 0 Å². The summed E-state index contributed by atoms with van der Waals surface area (Å²) >= 11 is 0. The monoisotopic (exact) mass is 202 g/mol. The topological polar surface area (TPSA) is 17.1 Å². The van der Waals surface area contributed by atoms with Gasteiger partial charge in [0.15, 0.2) is 0 Å². The molecule has 0 aliphatic heterocycles. The van der Waals surface area contributed by atoms with Crippen molar-refractivity contribution >= 4 is 5.78 Å². The summed E-state index contributed by atoms with van der Waals surface area (Å²) in [6.07, 6.45) is 1.34. The smallest absolute Gasteiger partial charge is 0.137 e. The van der Waals surface area contributed by atoms with E-state index in [1.807, 2.05) is 6.07 Å². The number of rotatable bonds is 0. The predicted octanol–water partition coefficient (Wildman–Crippen LogP) is 3.33. The van der Waals surface area contributed by atoms with Crippen molar-refractivity contribution in [3.05, 3.63) is 35.4 Å². The highest BCUT2D eigenvalue weighted by atomic mass is 16.1.